The van der Waals surface area contributed by atoms with Crippen molar-refractivity contribution in [3.63, 3.8) is 0 Å². The molecule has 1 amide bonds. The normalized spacial score (nSPS) is 18.4. The van der Waals surface area contributed by atoms with Gasteiger partial charge in [0, 0.05) is 30.4 Å². The maximum absolute atomic E-state index is 12.3. The second kappa shape index (κ2) is 6.77. The summed E-state index contributed by atoms with van der Waals surface area (Å²) in [6, 6.07) is 7.66. The summed E-state index contributed by atoms with van der Waals surface area (Å²) in [5.74, 6) is 1.31. The Morgan fingerprint density at radius 2 is 1.95 bits per heavy atom. The van der Waals surface area contributed by atoms with Crippen molar-refractivity contribution in [2.75, 3.05) is 18.8 Å². The first kappa shape index (κ1) is 14.9. The SMILES string of the molecule is CC(=O)N1CCC(C[S+]([O-])c2ccc(Br)cc2)CC1. The Labute approximate surface area is 125 Å². The quantitative estimate of drug-likeness (QED) is 0.792. The maximum atomic E-state index is 12.3. The van der Waals surface area contributed by atoms with Gasteiger partial charge < -0.3 is 9.45 Å². The topological polar surface area (TPSA) is 43.4 Å². The Morgan fingerprint density at radius 3 is 2.47 bits per heavy atom. The van der Waals surface area contributed by atoms with Crippen molar-refractivity contribution in [2.24, 2.45) is 5.92 Å². The third-order valence-electron chi connectivity index (χ3n) is 3.52. The van der Waals surface area contributed by atoms with Crippen LogP contribution >= 0.6 is 15.9 Å². The van der Waals surface area contributed by atoms with Crippen LogP contribution in [-0.2, 0) is 16.0 Å². The highest BCUT2D eigenvalue weighted by molar-refractivity contribution is 9.10. The third kappa shape index (κ3) is 4.23. The summed E-state index contributed by atoms with van der Waals surface area (Å²) < 4.78 is 13.3. The summed E-state index contributed by atoms with van der Waals surface area (Å²) in [7, 11) is 0. The summed E-state index contributed by atoms with van der Waals surface area (Å²) in [6.07, 6.45) is 1.92. The average molecular weight is 344 g/mol. The first-order chi connectivity index (χ1) is 9.06. The predicted octanol–water partition coefficient (Wildman–Crippen LogP) is 2.82. The molecule has 0 aromatic heterocycles. The summed E-state index contributed by atoms with van der Waals surface area (Å²) in [6.45, 7) is 3.22. The van der Waals surface area contributed by atoms with Gasteiger partial charge in [0.15, 0.2) is 4.90 Å². The van der Waals surface area contributed by atoms with Gasteiger partial charge in [-0.1, -0.05) is 15.9 Å². The highest BCUT2D eigenvalue weighted by Gasteiger charge is 2.25. The zero-order chi connectivity index (χ0) is 13.8. The van der Waals surface area contributed by atoms with Crippen molar-refractivity contribution < 1.29 is 9.35 Å². The van der Waals surface area contributed by atoms with Crippen molar-refractivity contribution in [3.05, 3.63) is 28.7 Å². The summed E-state index contributed by atoms with van der Waals surface area (Å²) in [5, 5.41) is 0. The lowest BCUT2D eigenvalue weighted by Gasteiger charge is -2.31. The summed E-state index contributed by atoms with van der Waals surface area (Å²) in [5.41, 5.74) is 0. The molecular formula is C14H18BrNO2S. The lowest BCUT2D eigenvalue weighted by Crippen LogP contribution is -2.38. The Morgan fingerprint density at radius 1 is 1.37 bits per heavy atom. The van der Waals surface area contributed by atoms with Gasteiger partial charge in [0.05, 0.1) is 0 Å². The van der Waals surface area contributed by atoms with Gasteiger partial charge in [0.2, 0.25) is 5.91 Å². The van der Waals surface area contributed by atoms with Crippen LogP contribution in [0, 0.1) is 5.92 Å². The molecule has 0 N–H and O–H groups in total. The number of benzene rings is 1. The first-order valence-corrected chi connectivity index (χ1v) is 8.57. The molecule has 1 heterocycles. The number of nitrogens with zero attached hydrogens (tertiary/aromatic N) is 1. The lowest BCUT2D eigenvalue weighted by molar-refractivity contribution is -0.130. The molecule has 0 spiro atoms. The van der Waals surface area contributed by atoms with Gasteiger partial charge in [-0.2, -0.15) is 0 Å². The van der Waals surface area contributed by atoms with Gasteiger partial charge in [-0.15, -0.1) is 0 Å². The van der Waals surface area contributed by atoms with Crippen LogP contribution in [0.1, 0.15) is 19.8 Å². The minimum atomic E-state index is -0.935. The highest BCUT2D eigenvalue weighted by Crippen LogP contribution is 2.23. The Hall–Kier alpha value is -0.520. The van der Waals surface area contributed by atoms with E-state index in [4.69, 9.17) is 0 Å². The van der Waals surface area contributed by atoms with Crippen molar-refractivity contribution in [3.8, 4) is 0 Å². The third-order valence-corrected chi connectivity index (χ3v) is 5.62. The van der Waals surface area contributed by atoms with E-state index in [0.29, 0.717) is 11.7 Å². The van der Waals surface area contributed by atoms with Crippen LogP contribution in [0.25, 0.3) is 0 Å². The molecule has 2 rings (SSSR count). The fourth-order valence-corrected chi connectivity index (χ4v) is 3.97. The fraction of sp³-hybridized carbons (Fsp3) is 0.500. The molecule has 1 unspecified atom stereocenters. The molecule has 1 aliphatic rings. The van der Waals surface area contributed by atoms with Crippen LogP contribution in [0.2, 0.25) is 0 Å². The zero-order valence-corrected chi connectivity index (χ0v) is 13.4. The van der Waals surface area contributed by atoms with Crippen molar-refractivity contribution in [2.45, 2.75) is 24.7 Å². The van der Waals surface area contributed by atoms with E-state index in [1.165, 1.54) is 0 Å². The number of carbonyl (C=O) groups is 1. The number of carbonyl (C=O) groups excluding carboxylic acids is 1. The van der Waals surface area contributed by atoms with E-state index in [0.717, 1.165) is 35.3 Å². The molecule has 3 nitrogen and oxygen atoms in total. The van der Waals surface area contributed by atoms with E-state index in [2.05, 4.69) is 15.9 Å². The molecule has 0 saturated carbocycles. The second-order valence-electron chi connectivity index (χ2n) is 4.92. The number of halogens is 1. The van der Waals surface area contributed by atoms with Crippen molar-refractivity contribution >= 4 is 33.0 Å². The second-order valence-corrected chi connectivity index (χ2v) is 7.33. The van der Waals surface area contributed by atoms with Gasteiger partial charge in [0.25, 0.3) is 0 Å². The summed E-state index contributed by atoms with van der Waals surface area (Å²) >= 11 is 2.44. The number of rotatable bonds is 3. The number of hydrogen-bond donors (Lipinski definition) is 0. The number of amides is 1. The van der Waals surface area contributed by atoms with Crippen molar-refractivity contribution in [1.82, 2.24) is 4.90 Å². The van der Waals surface area contributed by atoms with E-state index >= 15 is 0 Å². The van der Waals surface area contributed by atoms with Gasteiger partial charge in [0.1, 0.15) is 5.75 Å². The molecule has 1 aromatic carbocycles. The highest BCUT2D eigenvalue weighted by atomic mass is 79.9. The molecule has 19 heavy (non-hydrogen) atoms. The maximum Gasteiger partial charge on any atom is 0.219 e. The van der Waals surface area contributed by atoms with E-state index < -0.39 is 11.2 Å². The van der Waals surface area contributed by atoms with Gasteiger partial charge in [-0.05, 0) is 48.3 Å². The zero-order valence-electron chi connectivity index (χ0n) is 11.0. The Balaban J connectivity index is 1.85. The molecule has 1 atom stereocenters. The molecule has 104 valence electrons. The number of likely N-dealkylation sites (tertiary alicyclic amines) is 1. The van der Waals surface area contributed by atoms with Gasteiger partial charge >= 0.3 is 0 Å². The number of piperidine rings is 1. The molecule has 0 bridgehead atoms. The molecule has 1 fully saturated rings. The molecule has 0 radical (unpaired) electrons. The first-order valence-electron chi connectivity index (χ1n) is 6.45. The predicted molar refractivity (Wildman–Crippen MR) is 80.4 cm³/mol. The van der Waals surface area contributed by atoms with E-state index in [1.807, 2.05) is 29.2 Å². The van der Waals surface area contributed by atoms with Crippen LogP contribution in [0.3, 0.4) is 0 Å². The summed E-state index contributed by atoms with van der Waals surface area (Å²) in [4.78, 5) is 14.0. The Bertz CT molecular complexity index is 430. The molecule has 0 aliphatic carbocycles. The Kier molecular flexibility index (Phi) is 5.30. The molecule has 1 saturated heterocycles. The molecular weight excluding hydrogens is 326 g/mol. The molecule has 1 aliphatic heterocycles. The minimum Gasteiger partial charge on any atom is -0.611 e. The largest absolute Gasteiger partial charge is 0.611 e. The lowest BCUT2D eigenvalue weighted by atomic mass is 9.99. The monoisotopic (exact) mass is 343 g/mol. The standard InChI is InChI=1S/C14H18BrNO2S/c1-11(17)16-8-6-12(7-9-16)10-19(18)14-4-2-13(15)3-5-14/h2-5,12H,6-10H2,1H3. The minimum absolute atomic E-state index is 0.146. The van der Waals surface area contributed by atoms with Crippen LogP contribution in [0.15, 0.2) is 33.6 Å². The van der Waals surface area contributed by atoms with E-state index in [1.54, 1.807) is 6.92 Å². The van der Waals surface area contributed by atoms with Gasteiger partial charge in [-0.25, -0.2) is 0 Å². The van der Waals surface area contributed by atoms with Crippen molar-refractivity contribution in [1.29, 1.82) is 0 Å². The van der Waals surface area contributed by atoms with E-state index in [-0.39, 0.29) is 5.91 Å². The average Bonchev–Trinajstić information content (AvgIpc) is 2.40. The molecule has 5 heteroatoms. The number of hydrogen-bond acceptors (Lipinski definition) is 2. The van der Waals surface area contributed by atoms with Crippen LogP contribution < -0.4 is 0 Å². The van der Waals surface area contributed by atoms with E-state index in [9.17, 15) is 9.35 Å². The van der Waals surface area contributed by atoms with Crippen LogP contribution in [0.5, 0.6) is 0 Å². The molecule has 1 aromatic rings. The fourth-order valence-electron chi connectivity index (χ4n) is 2.31. The van der Waals surface area contributed by atoms with Gasteiger partial charge in [-0.3, -0.25) is 4.79 Å². The van der Waals surface area contributed by atoms with Crippen LogP contribution in [-0.4, -0.2) is 34.2 Å². The van der Waals surface area contributed by atoms with Crippen LogP contribution in [0.4, 0.5) is 0 Å². The smallest absolute Gasteiger partial charge is 0.219 e.